The van der Waals surface area contributed by atoms with Crippen LogP contribution in [-0.2, 0) is 0 Å². The molecule has 0 aliphatic heterocycles. The first kappa shape index (κ1) is 9.74. The van der Waals surface area contributed by atoms with Gasteiger partial charge in [0.1, 0.15) is 11.7 Å². The number of thioether (sulfide) groups is 1. The largest absolute Gasteiger partial charge is 0.382 e. The van der Waals surface area contributed by atoms with Crippen LogP contribution in [0, 0.1) is 0 Å². The van der Waals surface area contributed by atoms with Crippen LogP contribution >= 0.6 is 11.8 Å². The minimum Gasteiger partial charge on any atom is -0.382 e. The van der Waals surface area contributed by atoms with E-state index in [-0.39, 0.29) is 5.17 Å². The third kappa shape index (κ3) is 5.87. The van der Waals surface area contributed by atoms with Gasteiger partial charge in [0.05, 0.1) is 0 Å². The van der Waals surface area contributed by atoms with E-state index < -0.39 is 11.7 Å². The van der Waals surface area contributed by atoms with Crippen molar-refractivity contribution >= 4 is 16.9 Å². The van der Waals surface area contributed by atoms with Gasteiger partial charge in [-0.2, -0.15) is 0 Å². The van der Waals surface area contributed by atoms with Crippen molar-refractivity contribution in [1.29, 1.82) is 0 Å². The van der Waals surface area contributed by atoms with E-state index in [0.29, 0.717) is 0 Å². The van der Waals surface area contributed by atoms with Crippen LogP contribution in [0.1, 0.15) is 13.8 Å². The minimum atomic E-state index is -0.800. The van der Waals surface area contributed by atoms with Gasteiger partial charge in [0.15, 0.2) is 5.17 Å². The predicted molar refractivity (Wildman–Crippen MR) is 42.6 cm³/mol. The molecule has 0 radical (unpaired) electrons. The first-order valence-electron chi connectivity index (χ1n) is 2.88. The van der Waals surface area contributed by atoms with Crippen molar-refractivity contribution in [1.82, 2.24) is 0 Å². The van der Waals surface area contributed by atoms with Gasteiger partial charge in [0.25, 0.3) is 0 Å². The van der Waals surface area contributed by atoms with Crippen LogP contribution in [0.5, 0.6) is 0 Å². The maximum atomic E-state index is 8.76. The Labute approximate surface area is 64.1 Å². The SMILES string of the molecule is CC(O)/N=C(\N)SC(C)O. The number of nitrogens with two attached hydrogens (primary N) is 1. The molecule has 60 valence electrons. The Balaban J connectivity index is 3.71. The van der Waals surface area contributed by atoms with Gasteiger partial charge >= 0.3 is 0 Å². The monoisotopic (exact) mass is 164 g/mol. The third-order valence-corrected chi connectivity index (χ3v) is 1.29. The lowest BCUT2D eigenvalue weighted by molar-refractivity contribution is 0.206. The van der Waals surface area contributed by atoms with E-state index in [9.17, 15) is 0 Å². The van der Waals surface area contributed by atoms with Crippen LogP contribution in [0.25, 0.3) is 0 Å². The lowest BCUT2D eigenvalue weighted by Gasteiger charge is -2.03. The van der Waals surface area contributed by atoms with E-state index in [2.05, 4.69) is 4.99 Å². The molecule has 2 atom stereocenters. The molecule has 0 aromatic rings. The number of amidine groups is 1. The van der Waals surface area contributed by atoms with Gasteiger partial charge in [-0.05, 0) is 13.8 Å². The summed E-state index contributed by atoms with van der Waals surface area (Å²) in [6.07, 6.45) is -0.800. The Kier molecular flexibility index (Phi) is 4.42. The number of rotatable bonds is 2. The summed E-state index contributed by atoms with van der Waals surface area (Å²) in [5, 5.41) is 17.6. The summed E-state index contributed by atoms with van der Waals surface area (Å²) in [7, 11) is 0. The van der Waals surface area contributed by atoms with Gasteiger partial charge in [0.2, 0.25) is 0 Å². The molecule has 4 nitrogen and oxygen atoms in total. The number of aliphatic imine (C=N–C) groups is 1. The van der Waals surface area contributed by atoms with Crippen molar-refractivity contribution < 1.29 is 10.2 Å². The molecule has 0 aromatic carbocycles. The standard InChI is InChI=1S/C5H12N2O2S/c1-3(8)7-5(6)10-4(2)9/h3-4,8-9H,1-2H3,(H2,6,7). The number of aliphatic hydroxyl groups excluding tert-OH is 2. The highest BCUT2D eigenvalue weighted by atomic mass is 32.2. The van der Waals surface area contributed by atoms with Crippen molar-refractivity contribution in [3.05, 3.63) is 0 Å². The van der Waals surface area contributed by atoms with Crippen molar-refractivity contribution in [2.45, 2.75) is 25.5 Å². The summed E-state index contributed by atoms with van der Waals surface area (Å²) >= 11 is 1.01. The van der Waals surface area contributed by atoms with Gasteiger partial charge in [-0.1, -0.05) is 11.8 Å². The highest BCUT2D eigenvalue weighted by molar-refractivity contribution is 8.14. The molecular formula is C5H12N2O2S. The van der Waals surface area contributed by atoms with Crippen molar-refractivity contribution in [2.24, 2.45) is 10.7 Å². The second kappa shape index (κ2) is 4.54. The zero-order valence-corrected chi connectivity index (χ0v) is 6.80. The van der Waals surface area contributed by atoms with Gasteiger partial charge in [0, 0.05) is 0 Å². The van der Waals surface area contributed by atoms with Crippen LogP contribution in [0.15, 0.2) is 4.99 Å². The molecule has 0 amide bonds. The molecule has 0 fully saturated rings. The van der Waals surface area contributed by atoms with Crippen LogP contribution in [0.3, 0.4) is 0 Å². The maximum Gasteiger partial charge on any atom is 0.158 e. The Morgan fingerprint density at radius 1 is 1.50 bits per heavy atom. The van der Waals surface area contributed by atoms with E-state index in [4.69, 9.17) is 15.9 Å². The van der Waals surface area contributed by atoms with Gasteiger partial charge in [-0.3, -0.25) is 0 Å². The topological polar surface area (TPSA) is 78.8 Å². The van der Waals surface area contributed by atoms with E-state index >= 15 is 0 Å². The quantitative estimate of drug-likeness (QED) is 0.298. The molecule has 0 aliphatic carbocycles. The molecule has 0 aromatic heterocycles. The smallest absolute Gasteiger partial charge is 0.158 e. The molecular weight excluding hydrogens is 152 g/mol. The first-order valence-corrected chi connectivity index (χ1v) is 3.76. The Hall–Kier alpha value is -0.260. The summed E-state index contributed by atoms with van der Waals surface area (Å²) in [5.74, 6) is 0. The van der Waals surface area contributed by atoms with Gasteiger partial charge in [-0.25, -0.2) is 4.99 Å². The molecule has 0 saturated heterocycles. The highest BCUT2D eigenvalue weighted by Gasteiger charge is 2.00. The first-order chi connectivity index (χ1) is 4.52. The maximum absolute atomic E-state index is 8.76. The average molecular weight is 164 g/mol. The van der Waals surface area contributed by atoms with Crippen LogP contribution in [-0.4, -0.2) is 27.0 Å². The van der Waals surface area contributed by atoms with Crippen LogP contribution in [0.2, 0.25) is 0 Å². The number of nitrogens with zero attached hydrogens (tertiary/aromatic N) is 1. The molecule has 0 spiro atoms. The lowest BCUT2D eigenvalue weighted by atomic mass is 10.7. The summed E-state index contributed by atoms with van der Waals surface area (Å²) in [6, 6.07) is 0. The summed E-state index contributed by atoms with van der Waals surface area (Å²) in [4.78, 5) is 3.57. The second-order valence-corrected chi connectivity index (χ2v) is 3.15. The minimum absolute atomic E-state index is 0.199. The van der Waals surface area contributed by atoms with Crippen molar-refractivity contribution in [3.8, 4) is 0 Å². The Morgan fingerprint density at radius 3 is 2.30 bits per heavy atom. The molecule has 4 N–H and O–H groups in total. The Morgan fingerprint density at radius 2 is 2.00 bits per heavy atom. The normalized spacial score (nSPS) is 18.6. The average Bonchev–Trinajstić information content (AvgIpc) is 1.58. The second-order valence-electron chi connectivity index (χ2n) is 1.82. The van der Waals surface area contributed by atoms with E-state index in [0.717, 1.165) is 11.8 Å². The molecule has 0 rings (SSSR count). The lowest BCUT2D eigenvalue weighted by Crippen LogP contribution is -2.14. The fourth-order valence-electron chi connectivity index (χ4n) is 0.389. The number of hydrogen-bond acceptors (Lipinski definition) is 4. The summed E-state index contributed by atoms with van der Waals surface area (Å²) < 4.78 is 0. The Bertz CT molecular complexity index is 125. The molecule has 5 heteroatoms. The van der Waals surface area contributed by atoms with Crippen molar-refractivity contribution in [3.63, 3.8) is 0 Å². The summed E-state index contributed by atoms with van der Waals surface area (Å²) in [5.41, 5.74) is 4.69. The van der Waals surface area contributed by atoms with Crippen LogP contribution in [0.4, 0.5) is 0 Å². The molecule has 0 heterocycles. The molecule has 10 heavy (non-hydrogen) atoms. The van der Waals surface area contributed by atoms with Gasteiger partial charge in [-0.15, -0.1) is 0 Å². The zero-order chi connectivity index (χ0) is 8.15. The summed E-state index contributed by atoms with van der Waals surface area (Å²) in [6.45, 7) is 3.07. The van der Waals surface area contributed by atoms with E-state index in [1.807, 2.05) is 0 Å². The fraction of sp³-hybridized carbons (Fsp3) is 0.800. The molecule has 0 saturated carbocycles. The van der Waals surface area contributed by atoms with E-state index in [1.165, 1.54) is 6.92 Å². The van der Waals surface area contributed by atoms with Crippen LogP contribution < -0.4 is 5.73 Å². The number of hydrogen-bond donors (Lipinski definition) is 3. The predicted octanol–water partition coefficient (Wildman–Crippen LogP) is -0.289. The molecule has 0 aliphatic rings. The zero-order valence-electron chi connectivity index (χ0n) is 5.98. The fourth-order valence-corrected chi connectivity index (χ4v) is 0.952. The van der Waals surface area contributed by atoms with Crippen molar-refractivity contribution in [2.75, 3.05) is 0 Å². The highest BCUT2D eigenvalue weighted by Crippen LogP contribution is 2.06. The van der Waals surface area contributed by atoms with E-state index in [1.54, 1.807) is 6.92 Å². The van der Waals surface area contributed by atoms with Gasteiger partial charge < -0.3 is 15.9 Å². The number of aliphatic hydroxyl groups is 2. The molecule has 2 unspecified atom stereocenters. The molecule has 0 bridgehead atoms. The third-order valence-electron chi connectivity index (χ3n) is 0.605.